The number of aryl methyl sites for hydroxylation is 1. The Morgan fingerprint density at radius 1 is 1.15 bits per heavy atom. The van der Waals surface area contributed by atoms with Crippen molar-refractivity contribution in [1.82, 2.24) is 29.3 Å². The quantitative estimate of drug-likeness (QED) is 0.446. The van der Waals surface area contributed by atoms with Gasteiger partial charge in [-0.2, -0.15) is 0 Å². The van der Waals surface area contributed by atoms with Gasteiger partial charge < -0.3 is 13.9 Å². The molecule has 9 heteroatoms. The molecule has 9 nitrogen and oxygen atoms in total. The first kappa shape index (κ1) is 20.6. The van der Waals surface area contributed by atoms with Crippen LogP contribution in [0.1, 0.15) is 60.3 Å². The van der Waals surface area contributed by atoms with Crippen LogP contribution in [0.15, 0.2) is 49.2 Å². The molecule has 0 N–H and O–H groups in total. The van der Waals surface area contributed by atoms with Gasteiger partial charge in [0.15, 0.2) is 12.6 Å². The van der Waals surface area contributed by atoms with Crippen LogP contribution in [0.5, 0.6) is 5.75 Å². The Labute approximate surface area is 197 Å². The van der Waals surface area contributed by atoms with Crippen molar-refractivity contribution in [1.29, 1.82) is 0 Å². The third-order valence-electron chi connectivity index (χ3n) is 6.37. The lowest BCUT2D eigenvalue weighted by atomic mass is 10.1. The highest BCUT2D eigenvalue weighted by molar-refractivity contribution is 6.08. The summed E-state index contributed by atoms with van der Waals surface area (Å²) >= 11 is 0. The van der Waals surface area contributed by atoms with Crippen LogP contribution in [0, 0.1) is 6.92 Å². The fourth-order valence-electron chi connectivity index (χ4n) is 4.30. The number of hydrogen-bond acceptors (Lipinski definition) is 6. The number of anilines is 1. The van der Waals surface area contributed by atoms with Gasteiger partial charge >= 0.3 is 0 Å². The normalized spacial score (nSPS) is 15.5. The van der Waals surface area contributed by atoms with E-state index in [-0.39, 0.29) is 18.7 Å². The second-order valence-electron chi connectivity index (χ2n) is 9.16. The lowest BCUT2D eigenvalue weighted by Crippen LogP contribution is -2.39. The Kier molecular flexibility index (Phi) is 4.72. The number of fused-ring (bicyclic) bond motifs is 1. The molecule has 0 radical (unpaired) electrons. The minimum absolute atomic E-state index is 0.0921. The Morgan fingerprint density at radius 3 is 2.79 bits per heavy atom. The van der Waals surface area contributed by atoms with Crippen molar-refractivity contribution in [2.45, 2.75) is 45.6 Å². The van der Waals surface area contributed by atoms with Gasteiger partial charge in [-0.15, -0.1) is 10.2 Å². The lowest BCUT2D eigenvalue weighted by molar-refractivity contribution is 0.0936. The summed E-state index contributed by atoms with van der Waals surface area (Å²) in [6, 6.07) is 9.53. The Balaban J connectivity index is 1.34. The maximum Gasteiger partial charge on any atom is 0.266 e. The molecule has 1 amide bonds. The summed E-state index contributed by atoms with van der Waals surface area (Å²) < 4.78 is 9.93. The summed E-state index contributed by atoms with van der Waals surface area (Å²) in [5.41, 5.74) is 4.21. The second-order valence-corrected chi connectivity index (χ2v) is 9.16. The van der Waals surface area contributed by atoms with Gasteiger partial charge in [0.2, 0.25) is 0 Å². The zero-order chi connectivity index (χ0) is 23.4. The first-order valence-electron chi connectivity index (χ1n) is 11.5. The third-order valence-corrected chi connectivity index (χ3v) is 6.37. The van der Waals surface area contributed by atoms with Crippen LogP contribution < -0.4 is 9.64 Å². The van der Waals surface area contributed by atoms with Crippen LogP contribution in [0.4, 0.5) is 5.82 Å². The average molecular weight is 456 g/mol. The molecule has 1 aliphatic carbocycles. The maximum atomic E-state index is 13.6. The number of nitrogens with zero attached hydrogens (tertiary/aromatic N) is 7. The summed E-state index contributed by atoms with van der Waals surface area (Å²) in [5.74, 6) is 2.17. The zero-order valence-electron chi connectivity index (χ0n) is 19.3. The Bertz CT molecular complexity index is 1400. The minimum Gasteiger partial charge on any atom is -0.472 e. The molecule has 0 saturated heterocycles. The first-order valence-corrected chi connectivity index (χ1v) is 11.5. The lowest BCUT2D eigenvalue weighted by Gasteiger charge is -2.29. The molecule has 2 aliphatic rings. The number of carbonyl (C=O) groups excluding carboxylic acids is 1. The first-order chi connectivity index (χ1) is 16.5. The molecule has 1 aromatic carbocycles. The van der Waals surface area contributed by atoms with Gasteiger partial charge in [-0.1, -0.05) is 6.07 Å². The molecule has 0 atom stereocenters. The number of benzene rings is 1. The minimum atomic E-state index is -0.153. The highest BCUT2D eigenvalue weighted by Gasteiger charge is 2.30. The van der Waals surface area contributed by atoms with Crippen molar-refractivity contribution in [3.05, 3.63) is 66.0 Å². The molecule has 4 heterocycles. The Morgan fingerprint density at radius 2 is 2.00 bits per heavy atom. The van der Waals surface area contributed by atoms with E-state index in [0.29, 0.717) is 34.6 Å². The van der Waals surface area contributed by atoms with Gasteiger partial charge in [-0.25, -0.2) is 9.97 Å². The number of imidazole rings is 1. The van der Waals surface area contributed by atoms with Crippen LogP contribution in [0.2, 0.25) is 0 Å². The van der Waals surface area contributed by atoms with Crippen LogP contribution >= 0.6 is 0 Å². The van der Waals surface area contributed by atoms with Crippen molar-refractivity contribution in [3.8, 4) is 23.0 Å². The van der Waals surface area contributed by atoms with Crippen molar-refractivity contribution < 1.29 is 9.53 Å². The molecule has 34 heavy (non-hydrogen) atoms. The van der Waals surface area contributed by atoms with Crippen molar-refractivity contribution in [3.63, 3.8) is 0 Å². The van der Waals surface area contributed by atoms with Gasteiger partial charge in [-0.3, -0.25) is 9.69 Å². The number of pyridine rings is 1. The van der Waals surface area contributed by atoms with E-state index in [4.69, 9.17) is 9.72 Å². The third kappa shape index (κ3) is 3.44. The van der Waals surface area contributed by atoms with Crippen LogP contribution in [0.3, 0.4) is 0 Å². The topological polar surface area (TPSA) is 91.0 Å². The number of aromatic nitrogens is 6. The second kappa shape index (κ2) is 7.79. The molecule has 4 aromatic rings. The van der Waals surface area contributed by atoms with Crippen molar-refractivity contribution in [2.24, 2.45) is 0 Å². The number of rotatable bonds is 5. The predicted molar refractivity (Wildman–Crippen MR) is 126 cm³/mol. The molecule has 1 fully saturated rings. The van der Waals surface area contributed by atoms with E-state index >= 15 is 0 Å². The standard InChI is InChI=1S/C25H25N7O2/c1-15(2)31-13-27-29-24(31)19-5-4-6-23(28-19)32-14-34-22-9-16(3)21(10-18(22)25(32)33)30-11-20(26-12-30)17-7-8-17/h4-6,9-13,15,17H,7-8,14H2,1-3H3. The molecule has 1 aliphatic heterocycles. The van der Waals surface area contributed by atoms with E-state index in [2.05, 4.69) is 35.2 Å². The molecule has 0 bridgehead atoms. The van der Waals surface area contributed by atoms with Gasteiger partial charge in [0.05, 0.1) is 23.3 Å². The van der Waals surface area contributed by atoms with Gasteiger partial charge in [-0.05, 0) is 63.4 Å². The fraction of sp³-hybridized carbons (Fsp3) is 0.320. The fourth-order valence-corrected chi connectivity index (χ4v) is 4.30. The number of amides is 1. The largest absolute Gasteiger partial charge is 0.472 e. The highest BCUT2D eigenvalue weighted by atomic mass is 16.5. The molecule has 0 spiro atoms. The van der Waals surface area contributed by atoms with E-state index in [0.717, 1.165) is 16.9 Å². The van der Waals surface area contributed by atoms with Gasteiger partial charge in [0, 0.05) is 18.2 Å². The SMILES string of the molecule is Cc1cc2c(cc1-n1cnc(C3CC3)c1)C(=O)N(c1cccc(-c3nncn3C(C)C)n1)CO2. The molecule has 172 valence electrons. The number of hydrogen-bond donors (Lipinski definition) is 0. The smallest absolute Gasteiger partial charge is 0.266 e. The summed E-state index contributed by atoms with van der Waals surface area (Å²) in [6.45, 7) is 6.23. The molecule has 3 aromatic heterocycles. The zero-order valence-corrected chi connectivity index (χ0v) is 19.3. The van der Waals surface area contributed by atoms with Crippen molar-refractivity contribution >= 4 is 11.7 Å². The Hall–Kier alpha value is -4.01. The van der Waals surface area contributed by atoms with Crippen LogP contribution in [-0.2, 0) is 0 Å². The van der Waals surface area contributed by atoms with Gasteiger partial charge in [0.25, 0.3) is 5.91 Å². The van der Waals surface area contributed by atoms with E-state index in [1.165, 1.54) is 12.8 Å². The molecule has 0 unspecified atom stereocenters. The molecule has 1 saturated carbocycles. The molecular weight excluding hydrogens is 430 g/mol. The monoisotopic (exact) mass is 455 g/mol. The number of carbonyl (C=O) groups is 1. The summed E-state index contributed by atoms with van der Waals surface area (Å²) in [7, 11) is 0. The maximum absolute atomic E-state index is 13.6. The van der Waals surface area contributed by atoms with E-state index in [9.17, 15) is 4.79 Å². The van der Waals surface area contributed by atoms with E-state index in [1.807, 2.05) is 46.7 Å². The average Bonchev–Trinajstić information content (AvgIpc) is 3.35. The summed E-state index contributed by atoms with van der Waals surface area (Å²) in [4.78, 5) is 24.4. The number of ether oxygens (including phenoxy) is 1. The van der Waals surface area contributed by atoms with Crippen LogP contribution in [0.25, 0.3) is 17.2 Å². The predicted octanol–water partition coefficient (Wildman–Crippen LogP) is 4.29. The van der Waals surface area contributed by atoms with Gasteiger partial charge in [0.1, 0.15) is 23.6 Å². The highest BCUT2D eigenvalue weighted by Crippen LogP contribution is 2.39. The summed E-state index contributed by atoms with van der Waals surface area (Å²) in [5, 5.41) is 8.26. The molecule has 6 rings (SSSR count). The summed E-state index contributed by atoms with van der Waals surface area (Å²) in [6.07, 6.45) is 7.97. The van der Waals surface area contributed by atoms with E-state index in [1.54, 1.807) is 17.3 Å². The van der Waals surface area contributed by atoms with E-state index < -0.39 is 0 Å². The van der Waals surface area contributed by atoms with Crippen LogP contribution in [-0.4, -0.2) is 41.9 Å². The van der Waals surface area contributed by atoms with Crippen molar-refractivity contribution in [2.75, 3.05) is 11.6 Å². The molecular formula is C25H25N7O2.